The maximum atomic E-state index is 11.4. The topological polar surface area (TPSA) is 50.9 Å². The Bertz CT molecular complexity index is 2260. The second kappa shape index (κ2) is 13.3. The second-order valence-corrected chi connectivity index (χ2v) is 14.5. The van der Waals surface area contributed by atoms with E-state index in [2.05, 4.69) is 119 Å². The number of imidazole rings is 1. The fraction of sp³-hybridized carbons (Fsp3) is 0.182. The van der Waals surface area contributed by atoms with Gasteiger partial charge in [-0.1, -0.05) is 119 Å². The third-order valence-corrected chi connectivity index (χ3v) is 8.97. The molecule has 0 spiro atoms. The molecule has 2 aromatic heterocycles. The van der Waals surface area contributed by atoms with Gasteiger partial charge in [0.2, 0.25) is 0 Å². The van der Waals surface area contributed by atoms with Gasteiger partial charge in [0, 0.05) is 38.6 Å². The molecule has 0 unspecified atom stereocenters. The molecule has 1 N–H and O–H groups in total. The Morgan fingerprint density at radius 2 is 1.29 bits per heavy atom. The molecule has 0 amide bonds. The van der Waals surface area contributed by atoms with Gasteiger partial charge in [-0.25, -0.2) is 4.98 Å². The van der Waals surface area contributed by atoms with Crippen LogP contribution in [0.2, 0.25) is 0 Å². The molecule has 0 atom stereocenters. The second-order valence-electron chi connectivity index (χ2n) is 14.5. The number of hydrogen-bond acceptors (Lipinski definition) is 3. The molecule has 0 radical (unpaired) electrons. The van der Waals surface area contributed by atoms with Crippen LogP contribution in [0.4, 0.5) is 0 Å². The summed E-state index contributed by atoms with van der Waals surface area (Å²) in [5.41, 5.74) is 11.6. The number of pyridine rings is 1. The van der Waals surface area contributed by atoms with Crippen LogP contribution < -0.4 is 0 Å². The Balaban J connectivity index is 0.00000417. The van der Waals surface area contributed by atoms with Gasteiger partial charge in [0.1, 0.15) is 11.6 Å². The Kier molecular flexibility index (Phi) is 9.22. The van der Waals surface area contributed by atoms with Crippen molar-refractivity contribution in [3.63, 3.8) is 0 Å². The molecule has 0 aliphatic carbocycles. The first-order valence-electron chi connectivity index (χ1n) is 16.5. The molecule has 5 heteroatoms. The maximum Gasteiger partial charge on any atom is 0.148 e. The third kappa shape index (κ3) is 6.76. The van der Waals surface area contributed by atoms with E-state index in [-0.39, 0.29) is 37.6 Å². The molecule has 4 nitrogen and oxygen atoms in total. The summed E-state index contributed by atoms with van der Waals surface area (Å²) < 4.78 is 2.18. The first-order valence-corrected chi connectivity index (χ1v) is 16.5. The van der Waals surface area contributed by atoms with Crippen LogP contribution in [0.3, 0.4) is 0 Å². The van der Waals surface area contributed by atoms with Crippen molar-refractivity contribution in [1.82, 2.24) is 14.5 Å². The van der Waals surface area contributed by atoms with Crippen molar-refractivity contribution in [1.29, 1.82) is 0 Å². The van der Waals surface area contributed by atoms with Gasteiger partial charge < -0.3 is 5.11 Å². The number of hydrogen-bond donors (Lipinski definition) is 1. The van der Waals surface area contributed by atoms with Gasteiger partial charge in [-0.15, -0.1) is 29.8 Å². The molecule has 5 aromatic carbocycles. The van der Waals surface area contributed by atoms with Gasteiger partial charge in [0.25, 0.3) is 0 Å². The molecule has 0 saturated heterocycles. The van der Waals surface area contributed by atoms with E-state index in [9.17, 15) is 5.11 Å². The van der Waals surface area contributed by atoms with E-state index in [1.807, 2.05) is 54.7 Å². The van der Waals surface area contributed by atoms with Crippen LogP contribution in [0.15, 0.2) is 128 Å². The van der Waals surface area contributed by atoms with E-state index in [1.54, 1.807) is 6.07 Å². The number of aromatic nitrogens is 3. The van der Waals surface area contributed by atoms with Gasteiger partial charge in [-0.2, -0.15) is 0 Å². The molecule has 49 heavy (non-hydrogen) atoms. The van der Waals surface area contributed by atoms with Crippen LogP contribution in [-0.4, -0.2) is 19.6 Å². The molecule has 2 heterocycles. The SMILES string of the molecule is CC(C)(C)c1ccnc(-c2[c-]c(-c3cc(C(C)(C)C)cc4c3nc(-c3cc(-c5ccccc5)ccc3O)n4-c3ccccc3)ccc2)c1.[Pt]. The van der Waals surface area contributed by atoms with Crippen LogP contribution in [0.25, 0.3) is 61.6 Å². The summed E-state index contributed by atoms with van der Waals surface area (Å²) in [5.74, 6) is 0.854. The summed E-state index contributed by atoms with van der Waals surface area (Å²) in [4.78, 5) is 10.1. The largest absolute Gasteiger partial charge is 0.507 e. The van der Waals surface area contributed by atoms with Crippen LogP contribution in [-0.2, 0) is 31.9 Å². The molecule has 0 aliphatic rings. The maximum absolute atomic E-state index is 11.4. The Hall–Kier alpha value is -4.79. The van der Waals surface area contributed by atoms with E-state index in [0.29, 0.717) is 11.4 Å². The summed E-state index contributed by atoms with van der Waals surface area (Å²) in [6.45, 7) is 13.4. The average Bonchev–Trinajstić information content (AvgIpc) is 3.47. The molecule has 0 aliphatic heterocycles. The zero-order chi connectivity index (χ0) is 33.6. The van der Waals surface area contributed by atoms with E-state index in [4.69, 9.17) is 9.97 Å². The van der Waals surface area contributed by atoms with Crippen LogP contribution in [0.5, 0.6) is 5.75 Å². The van der Waals surface area contributed by atoms with Crippen molar-refractivity contribution in [3.8, 4) is 56.3 Å². The first kappa shape index (κ1) is 34.1. The first-order chi connectivity index (χ1) is 23.0. The predicted octanol–water partition coefficient (Wildman–Crippen LogP) is 11.2. The summed E-state index contributed by atoms with van der Waals surface area (Å²) in [6, 6.07) is 45.0. The number of phenolic OH excluding ortho intramolecular Hbond substituents is 1. The van der Waals surface area contributed by atoms with Crippen LogP contribution in [0, 0.1) is 6.07 Å². The number of rotatable bonds is 5. The smallest absolute Gasteiger partial charge is 0.148 e. The molecular weight excluding hydrogens is 782 g/mol. The minimum Gasteiger partial charge on any atom is -0.507 e. The molecule has 0 saturated carbocycles. The standard InChI is InChI=1S/C44H40N3O.Pt/c1-43(2,3)33-22-23-45-38(27-33)32-17-13-16-31(24-32)36-26-34(44(4,5)6)28-39-41(36)46-42(47(39)35-18-11-8-12-19-35)37-25-30(20-21-40(37)48)29-14-9-7-10-15-29;/h7-23,25-28,48H,1-6H3;/q-1;. The van der Waals surface area contributed by atoms with E-state index < -0.39 is 0 Å². The van der Waals surface area contributed by atoms with E-state index in [0.717, 1.165) is 50.2 Å². The zero-order valence-corrected chi connectivity index (χ0v) is 31.0. The number of aromatic hydroxyl groups is 1. The third-order valence-electron chi connectivity index (χ3n) is 8.97. The molecule has 7 rings (SSSR count). The average molecular weight is 822 g/mol. The Morgan fingerprint density at radius 3 is 1.98 bits per heavy atom. The van der Waals surface area contributed by atoms with E-state index in [1.165, 1.54) is 11.1 Å². The molecular formula is C44H40N3OPt-. The molecule has 7 aromatic rings. The van der Waals surface area contributed by atoms with Gasteiger partial charge in [0.05, 0.1) is 16.6 Å². The van der Waals surface area contributed by atoms with Crippen molar-refractivity contribution in [2.75, 3.05) is 0 Å². The normalized spacial score (nSPS) is 11.8. The number of nitrogens with zero attached hydrogens (tertiary/aromatic N) is 3. The summed E-state index contributed by atoms with van der Waals surface area (Å²) in [5, 5.41) is 11.4. The Morgan fingerprint density at radius 1 is 0.612 bits per heavy atom. The van der Waals surface area contributed by atoms with E-state index >= 15 is 0 Å². The van der Waals surface area contributed by atoms with Crippen molar-refractivity contribution in [3.05, 3.63) is 145 Å². The van der Waals surface area contributed by atoms with Gasteiger partial charge >= 0.3 is 0 Å². The molecule has 248 valence electrons. The number of phenols is 1. The summed E-state index contributed by atoms with van der Waals surface area (Å²) in [6.07, 6.45) is 1.89. The van der Waals surface area contributed by atoms with Crippen molar-refractivity contribution >= 4 is 11.0 Å². The fourth-order valence-corrected chi connectivity index (χ4v) is 6.18. The van der Waals surface area contributed by atoms with Crippen molar-refractivity contribution in [2.45, 2.75) is 52.4 Å². The molecule has 0 bridgehead atoms. The molecule has 0 fully saturated rings. The minimum absolute atomic E-state index is 0. The predicted molar refractivity (Wildman–Crippen MR) is 199 cm³/mol. The monoisotopic (exact) mass is 821 g/mol. The fourth-order valence-electron chi connectivity index (χ4n) is 6.18. The Labute approximate surface area is 303 Å². The van der Waals surface area contributed by atoms with Crippen LogP contribution in [0.1, 0.15) is 52.7 Å². The number of benzene rings is 5. The summed E-state index contributed by atoms with van der Waals surface area (Å²) in [7, 11) is 0. The minimum atomic E-state index is -0.134. The van der Waals surface area contributed by atoms with Crippen LogP contribution >= 0.6 is 0 Å². The van der Waals surface area contributed by atoms with Crippen molar-refractivity contribution < 1.29 is 26.2 Å². The zero-order valence-electron chi connectivity index (χ0n) is 28.7. The summed E-state index contributed by atoms with van der Waals surface area (Å²) >= 11 is 0. The van der Waals surface area contributed by atoms with Crippen molar-refractivity contribution in [2.24, 2.45) is 0 Å². The van der Waals surface area contributed by atoms with Gasteiger partial charge in [-0.05, 0) is 69.5 Å². The van der Waals surface area contributed by atoms with Gasteiger partial charge in [0.15, 0.2) is 0 Å². The van der Waals surface area contributed by atoms with Gasteiger partial charge in [-0.3, -0.25) is 9.55 Å². The number of para-hydroxylation sites is 1. The quantitative estimate of drug-likeness (QED) is 0.176. The number of fused-ring (bicyclic) bond motifs is 1.